The predicted molar refractivity (Wildman–Crippen MR) is 136 cm³/mol. The molecule has 0 saturated carbocycles. The summed E-state index contributed by atoms with van der Waals surface area (Å²) in [5.74, 6) is 0.644. The number of amides is 1. The third-order valence-electron chi connectivity index (χ3n) is 5.65. The van der Waals surface area contributed by atoms with Crippen molar-refractivity contribution in [2.24, 2.45) is 0 Å². The van der Waals surface area contributed by atoms with Gasteiger partial charge in [0.1, 0.15) is 11.4 Å². The molecular weight excluding hydrogens is 456 g/mol. The predicted octanol–water partition coefficient (Wildman–Crippen LogP) is 2.13. The van der Waals surface area contributed by atoms with E-state index in [1.54, 1.807) is 26.0 Å². The highest BCUT2D eigenvalue weighted by Gasteiger charge is 2.11. The minimum absolute atomic E-state index is 0.190. The number of nitrogens with one attached hydrogen (secondary N) is 5. The molecule has 0 fully saturated rings. The van der Waals surface area contributed by atoms with E-state index in [2.05, 4.69) is 40.9 Å². The van der Waals surface area contributed by atoms with Gasteiger partial charge in [-0.3, -0.25) is 4.79 Å². The number of methoxy groups -OCH3 is 1. The molecule has 4 rings (SSSR count). The lowest BCUT2D eigenvalue weighted by atomic mass is 10.1. The summed E-state index contributed by atoms with van der Waals surface area (Å²) in [6, 6.07) is 11.8. The molecule has 0 atom stereocenters. The van der Waals surface area contributed by atoms with E-state index >= 15 is 0 Å². The zero-order valence-corrected chi connectivity index (χ0v) is 20.4. The lowest BCUT2D eigenvalue weighted by molar-refractivity contribution is 0.0948. The minimum Gasteiger partial charge on any atom is -0.497 e. The number of hydrogen-bond donors (Lipinski definition) is 5. The van der Waals surface area contributed by atoms with Crippen molar-refractivity contribution in [1.29, 1.82) is 0 Å². The molecule has 10 heteroatoms. The fraction of sp³-hybridized carbons (Fsp3) is 0.308. The summed E-state index contributed by atoms with van der Waals surface area (Å²) in [6.07, 6.45) is 8.40. The van der Waals surface area contributed by atoms with Gasteiger partial charge in [0.15, 0.2) is 0 Å². The Kier molecular flexibility index (Phi) is 9.18. The van der Waals surface area contributed by atoms with Crippen molar-refractivity contribution in [1.82, 2.24) is 40.9 Å². The van der Waals surface area contributed by atoms with E-state index < -0.39 is 0 Å². The zero-order valence-electron chi connectivity index (χ0n) is 20.4. The maximum absolute atomic E-state index is 12.9. The molecule has 3 aromatic heterocycles. The van der Waals surface area contributed by atoms with Crippen LogP contribution < -0.4 is 20.7 Å². The molecule has 0 aliphatic rings. The molecule has 188 valence electrons. The van der Waals surface area contributed by atoms with Crippen molar-refractivity contribution in [3.63, 3.8) is 0 Å². The van der Waals surface area contributed by atoms with Crippen LogP contribution in [-0.4, -0.2) is 51.0 Å². The zero-order chi connectivity index (χ0) is 25.0. The molecule has 4 aromatic rings. The summed E-state index contributed by atoms with van der Waals surface area (Å²) in [7, 11) is 1.66. The molecule has 0 aliphatic heterocycles. The quantitative estimate of drug-likeness (QED) is 0.172. The number of aromatic amines is 2. The van der Waals surface area contributed by atoms with Gasteiger partial charge in [-0.2, -0.15) is 0 Å². The average Bonchev–Trinajstić information content (AvgIpc) is 3.62. The van der Waals surface area contributed by atoms with Crippen molar-refractivity contribution in [2.75, 3.05) is 20.2 Å². The Labute approximate surface area is 210 Å². The number of H-pyrrole nitrogens is 2. The highest BCUT2D eigenvalue weighted by molar-refractivity contribution is 5.92. The molecule has 0 aliphatic carbocycles. The topological polar surface area (TPSA) is 133 Å². The van der Waals surface area contributed by atoms with Crippen LogP contribution in [0.15, 0.2) is 61.4 Å². The molecule has 1 aromatic carbocycles. The molecule has 0 bridgehead atoms. The molecule has 3 heterocycles. The molecular formula is C26H32N8O2. The standard InChI is InChI=1S/C26H32N8O2/c1-36-24-4-2-19(3-5-24)12-28-13-20-10-23(16-27-8-6-21-14-29-17-32-21)34-25(11-20)26(35)31-9-7-22-15-30-18-33-22/h2-5,10-11,14-15,17-18,27-28H,6-9,12-13,16H2,1H3,(H,29,32)(H,30,33)(H,31,35). The minimum atomic E-state index is -0.190. The van der Waals surface area contributed by atoms with Crippen LogP contribution in [0.4, 0.5) is 0 Å². The number of carbonyl (C=O) groups excluding carboxylic acids is 1. The van der Waals surface area contributed by atoms with Gasteiger partial charge in [-0.25, -0.2) is 15.0 Å². The lowest BCUT2D eigenvalue weighted by Gasteiger charge is -2.12. The van der Waals surface area contributed by atoms with Crippen LogP contribution in [0.5, 0.6) is 5.75 Å². The van der Waals surface area contributed by atoms with Crippen molar-refractivity contribution in [2.45, 2.75) is 32.5 Å². The van der Waals surface area contributed by atoms with Gasteiger partial charge in [0.05, 0.1) is 25.5 Å². The smallest absolute Gasteiger partial charge is 0.269 e. The van der Waals surface area contributed by atoms with Gasteiger partial charge in [-0.1, -0.05) is 12.1 Å². The van der Waals surface area contributed by atoms with Crippen LogP contribution in [-0.2, 0) is 32.5 Å². The number of ether oxygens (including phenoxy) is 1. The number of hydrogen-bond acceptors (Lipinski definition) is 7. The Hall–Kier alpha value is -4.02. The van der Waals surface area contributed by atoms with Crippen molar-refractivity contribution >= 4 is 5.91 Å². The summed E-state index contributed by atoms with van der Waals surface area (Å²) >= 11 is 0. The molecule has 0 spiro atoms. The Bertz CT molecular complexity index is 1190. The second-order valence-electron chi connectivity index (χ2n) is 8.39. The first-order valence-corrected chi connectivity index (χ1v) is 12.0. The average molecular weight is 489 g/mol. The highest BCUT2D eigenvalue weighted by Crippen LogP contribution is 2.12. The summed E-state index contributed by atoms with van der Waals surface area (Å²) in [4.78, 5) is 31.7. The highest BCUT2D eigenvalue weighted by atomic mass is 16.5. The molecule has 0 radical (unpaired) electrons. The monoisotopic (exact) mass is 488 g/mol. The van der Waals surface area contributed by atoms with E-state index in [0.29, 0.717) is 38.3 Å². The summed E-state index contributed by atoms with van der Waals surface area (Å²) < 4.78 is 5.22. The molecule has 10 nitrogen and oxygen atoms in total. The Balaban J connectivity index is 1.35. The van der Waals surface area contributed by atoms with E-state index in [1.165, 1.54) is 0 Å². The number of pyridine rings is 1. The van der Waals surface area contributed by atoms with Gasteiger partial charge in [-0.05, 0) is 35.4 Å². The SMILES string of the molecule is COc1ccc(CNCc2cc(CNCCc3cnc[nH]3)nc(C(=O)NCCc3cnc[nH]3)c2)cc1. The first-order valence-electron chi connectivity index (χ1n) is 12.0. The Morgan fingerprint density at radius 3 is 2.22 bits per heavy atom. The molecule has 0 saturated heterocycles. The number of rotatable bonds is 14. The summed E-state index contributed by atoms with van der Waals surface area (Å²) in [6.45, 7) is 3.16. The number of carbonyl (C=O) groups is 1. The van der Waals surface area contributed by atoms with Crippen LogP contribution in [0, 0.1) is 0 Å². The first kappa shape index (κ1) is 25.1. The van der Waals surface area contributed by atoms with Crippen LogP contribution in [0.3, 0.4) is 0 Å². The van der Waals surface area contributed by atoms with Gasteiger partial charge in [-0.15, -0.1) is 0 Å². The first-order chi connectivity index (χ1) is 17.7. The number of benzene rings is 1. The van der Waals surface area contributed by atoms with Crippen LogP contribution >= 0.6 is 0 Å². The number of nitrogens with zero attached hydrogens (tertiary/aromatic N) is 3. The molecule has 1 amide bonds. The van der Waals surface area contributed by atoms with Gasteiger partial charge in [0.25, 0.3) is 5.91 Å². The largest absolute Gasteiger partial charge is 0.497 e. The van der Waals surface area contributed by atoms with E-state index in [-0.39, 0.29) is 5.91 Å². The number of aromatic nitrogens is 5. The Morgan fingerprint density at radius 2 is 1.56 bits per heavy atom. The van der Waals surface area contributed by atoms with Crippen LogP contribution in [0.1, 0.15) is 38.7 Å². The van der Waals surface area contributed by atoms with Crippen molar-refractivity contribution in [3.8, 4) is 5.75 Å². The third-order valence-corrected chi connectivity index (χ3v) is 5.65. The molecule has 0 unspecified atom stereocenters. The van der Waals surface area contributed by atoms with Gasteiger partial charge in [0.2, 0.25) is 0 Å². The van der Waals surface area contributed by atoms with E-state index in [1.807, 2.05) is 42.6 Å². The van der Waals surface area contributed by atoms with Gasteiger partial charge < -0.3 is 30.7 Å². The van der Waals surface area contributed by atoms with E-state index in [9.17, 15) is 4.79 Å². The van der Waals surface area contributed by atoms with Crippen molar-refractivity contribution < 1.29 is 9.53 Å². The normalized spacial score (nSPS) is 10.9. The second-order valence-corrected chi connectivity index (χ2v) is 8.39. The Morgan fingerprint density at radius 1 is 0.861 bits per heavy atom. The van der Waals surface area contributed by atoms with Gasteiger partial charge in [0, 0.05) is 69.3 Å². The van der Waals surface area contributed by atoms with E-state index in [4.69, 9.17) is 4.74 Å². The van der Waals surface area contributed by atoms with Crippen molar-refractivity contribution in [3.05, 3.63) is 95.3 Å². The maximum Gasteiger partial charge on any atom is 0.269 e. The van der Waals surface area contributed by atoms with Crippen LogP contribution in [0.2, 0.25) is 0 Å². The fourth-order valence-corrected chi connectivity index (χ4v) is 3.74. The maximum atomic E-state index is 12.9. The summed E-state index contributed by atoms with van der Waals surface area (Å²) in [5, 5.41) is 9.81. The van der Waals surface area contributed by atoms with E-state index in [0.717, 1.165) is 46.9 Å². The lowest BCUT2D eigenvalue weighted by Crippen LogP contribution is -2.28. The fourth-order valence-electron chi connectivity index (χ4n) is 3.74. The number of imidazole rings is 2. The second kappa shape index (κ2) is 13.2. The van der Waals surface area contributed by atoms with Crippen LogP contribution in [0.25, 0.3) is 0 Å². The van der Waals surface area contributed by atoms with Gasteiger partial charge >= 0.3 is 0 Å². The summed E-state index contributed by atoms with van der Waals surface area (Å²) in [5.41, 5.74) is 5.44. The molecule has 5 N–H and O–H groups in total. The third kappa shape index (κ3) is 7.76. The molecule has 36 heavy (non-hydrogen) atoms.